The minimum absolute atomic E-state index is 0.128. The molecule has 0 unspecified atom stereocenters. The van der Waals surface area contributed by atoms with Crippen LogP contribution < -0.4 is 10.1 Å². The van der Waals surface area contributed by atoms with Gasteiger partial charge in [-0.05, 0) is 39.0 Å². The van der Waals surface area contributed by atoms with Crippen molar-refractivity contribution in [3.63, 3.8) is 0 Å². The van der Waals surface area contributed by atoms with Crippen molar-refractivity contribution in [2.75, 3.05) is 24.8 Å². The molecule has 1 aromatic carbocycles. The second kappa shape index (κ2) is 10.5. The monoisotopic (exact) mass is 460 g/mol. The number of nitrogens with zero attached hydrogens (tertiary/aromatic N) is 3. The van der Waals surface area contributed by atoms with E-state index in [1.807, 2.05) is 42.7 Å². The summed E-state index contributed by atoms with van der Waals surface area (Å²) >= 11 is 2.63. The molecular weight excluding hydrogens is 436 g/mol. The van der Waals surface area contributed by atoms with E-state index in [0.717, 1.165) is 10.4 Å². The van der Waals surface area contributed by atoms with Gasteiger partial charge >= 0.3 is 5.97 Å². The maximum absolute atomic E-state index is 12.5. The third-order valence-electron chi connectivity index (χ3n) is 4.32. The molecule has 0 aliphatic rings. The lowest BCUT2D eigenvalue weighted by Crippen LogP contribution is -2.16. The number of para-hydroxylation sites is 1. The van der Waals surface area contributed by atoms with Crippen LogP contribution >= 0.6 is 23.1 Å². The summed E-state index contributed by atoms with van der Waals surface area (Å²) in [5, 5.41) is 12.5. The van der Waals surface area contributed by atoms with Crippen LogP contribution in [0.5, 0.6) is 5.75 Å². The zero-order valence-corrected chi connectivity index (χ0v) is 19.4. The fourth-order valence-electron chi connectivity index (χ4n) is 2.97. The number of hydrogen-bond acceptors (Lipinski definition) is 8. The highest BCUT2D eigenvalue weighted by molar-refractivity contribution is 7.99. The third-order valence-corrected chi connectivity index (χ3v) is 6.25. The van der Waals surface area contributed by atoms with E-state index in [1.54, 1.807) is 20.1 Å². The first-order valence-electron chi connectivity index (χ1n) is 9.75. The first-order chi connectivity index (χ1) is 15.0. The van der Waals surface area contributed by atoms with Crippen molar-refractivity contribution < 1.29 is 19.1 Å². The number of methoxy groups -OCH3 is 1. The summed E-state index contributed by atoms with van der Waals surface area (Å²) in [5.41, 5.74) is 1.21. The highest BCUT2D eigenvalue weighted by atomic mass is 32.2. The summed E-state index contributed by atoms with van der Waals surface area (Å²) < 4.78 is 12.4. The number of thiophene rings is 1. The molecule has 8 nitrogen and oxygen atoms in total. The van der Waals surface area contributed by atoms with Crippen molar-refractivity contribution in [3.8, 4) is 17.1 Å². The van der Waals surface area contributed by atoms with E-state index < -0.39 is 5.97 Å². The molecule has 2 heterocycles. The Morgan fingerprint density at radius 3 is 2.71 bits per heavy atom. The van der Waals surface area contributed by atoms with Crippen LogP contribution in [0.25, 0.3) is 11.4 Å². The Bertz CT molecular complexity index is 1080. The fourth-order valence-corrected chi connectivity index (χ4v) is 4.69. The van der Waals surface area contributed by atoms with Crippen LogP contribution in [-0.2, 0) is 16.1 Å². The van der Waals surface area contributed by atoms with Crippen LogP contribution in [0.2, 0.25) is 0 Å². The minimum atomic E-state index is -0.443. The van der Waals surface area contributed by atoms with E-state index in [1.165, 1.54) is 23.1 Å². The molecule has 1 N–H and O–H groups in total. The summed E-state index contributed by atoms with van der Waals surface area (Å²) in [5.74, 6) is 0.840. The maximum atomic E-state index is 12.5. The van der Waals surface area contributed by atoms with E-state index in [4.69, 9.17) is 9.47 Å². The number of nitrogens with one attached hydrogen (secondary N) is 1. The van der Waals surface area contributed by atoms with Crippen molar-refractivity contribution in [2.24, 2.45) is 0 Å². The average Bonchev–Trinajstić information content (AvgIpc) is 3.34. The second-order valence-electron chi connectivity index (χ2n) is 6.41. The van der Waals surface area contributed by atoms with Gasteiger partial charge in [-0.3, -0.25) is 4.79 Å². The molecule has 0 atom stereocenters. The van der Waals surface area contributed by atoms with Gasteiger partial charge in [0, 0.05) is 11.4 Å². The van der Waals surface area contributed by atoms with Gasteiger partial charge < -0.3 is 19.4 Å². The molecule has 0 bridgehead atoms. The molecular formula is C21H24N4O4S2. The van der Waals surface area contributed by atoms with Crippen LogP contribution in [0.1, 0.15) is 29.1 Å². The number of amides is 1. The predicted octanol–water partition coefficient (Wildman–Crippen LogP) is 4.25. The van der Waals surface area contributed by atoms with Gasteiger partial charge in [0.15, 0.2) is 11.0 Å². The van der Waals surface area contributed by atoms with E-state index in [0.29, 0.717) is 33.8 Å². The molecule has 31 heavy (non-hydrogen) atoms. The molecule has 10 heteroatoms. The number of aryl methyl sites for hydroxylation is 1. The summed E-state index contributed by atoms with van der Waals surface area (Å²) in [6.45, 7) is 6.53. The second-order valence-corrected chi connectivity index (χ2v) is 8.61. The Labute approximate surface area is 189 Å². The summed E-state index contributed by atoms with van der Waals surface area (Å²) in [6.07, 6.45) is 0. The zero-order valence-electron chi connectivity index (χ0n) is 17.8. The Balaban J connectivity index is 1.72. The molecule has 3 aromatic rings. The summed E-state index contributed by atoms with van der Waals surface area (Å²) in [4.78, 5) is 25.6. The molecule has 0 radical (unpaired) electrons. The van der Waals surface area contributed by atoms with Gasteiger partial charge in [-0.25, -0.2) is 4.79 Å². The predicted molar refractivity (Wildman–Crippen MR) is 122 cm³/mol. The largest absolute Gasteiger partial charge is 0.496 e. The number of thioether (sulfide) groups is 1. The molecule has 1 amide bonds. The quantitative estimate of drug-likeness (QED) is 0.377. The van der Waals surface area contributed by atoms with Crippen LogP contribution in [0.15, 0.2) is 35.5 Å². The first kappa shape index (κ1) is 22.8. The smallest absolute Gasteiger partial charge is 0.341 e. The highest BCUT2D eigenvalue weighted by Gasteiger charge is 2.20. The van der Waals surface area contributed by atoms with Crippen LogP contribution in [0.4, 0.5) is 5.00 Å². The number of ether oxygens (including phenoxy) is 2. The number of anilines is 1. The fraction of sp³-hybridized carbons (Fsp3) is 0.333. The van der Waals surface area contributed by atoms with Crippen LogP contribution in [0.3, 0.4) is 0 Å². The molecule has 3 rings (SSSR count). The summed E-state index contributed by atoms with van der Waals surface area (Å²) in [7, 11) is 1.61. The molecule has 0 aliphatic heterocycles. The summed E-state index contributed by atoms with van der Waals surface area (Å²) in [6, 6.07) is 9.32. The lowest BCUT2D eigenvalue weighted by atomic mass is 10.2. The number of rotatable bonds is 9. The minimum Gasteiger partial charge on any atom is -0.496 e. The van der Waals surface area contributed by atoms with Gasteiger partial charge in [-0.2, -0.15) is 0 Å². The molecule has 164 valence electrons. The Hall–Kier alpha value is -2.85. The van der Waals surface area contributed by atoms with Crippen molar-refractivity contribution in [1.29, 1.82) is 0 Å². The van der Waals surface area contributed by atoms with Gasteiger partial charge in [0.25, 0.3) is 0 Å². The maximum Gasteiger partial charge on any atom is 0.341 e. The lowest BCUT2D eigenvalue weighted by Gasteiger charge is -2.10. The van der Waals surface area contributed by atoms with Crippen LogP contribution in [0, 0.1) is 6.92 Å². The number of carbonyl (C=O) groups is 2. The number of aromatic nitrogens is 3. The normalized spacial score (nSPS) is 10.7. The average molecular weight is 461 g/mol. The number of hydrogen-bond donors (Lipinski definition) is 1. The Kier molecular flexibility index (Phi) is 7.69. The number of carbonyl (C=O) groups excluding carboxylic acids is 2. The number of benzene rings is 1. The highest BCUT2D eigenvalue weighted by Crippen LogP contribution is 2.31. The standard InChI is InChI=1S/C21H24N4O4S2/c1-5-25-18(14-9-7-8-10-16(14)28-4)23-24-21(25)30-12-17(26)22-19-15(11-13(3)31-19)20(27)29-6-2/h7-11H,5-6,12H2,1-4H3,(H,22,26). The Morgan fingerprint density at radius 2 is 2.00 bits per heavy atom. The van der Waals surface area contributed by atoms with Gasteiger partial charge in [0.05, 0.1) is 30.6 Å². The Morgan fingerprint density at radius 1 is 1.23 bits per heavy atom. The van der Waals surface area contributed by atoms with Gasteiger partial charge in [-0.15, -0.1) is 21.5 Å². The van der Waals surface area contributed by atoms with Gasteiger partial charge in [0.2, 0.25) is 5.91 Å². The third kappa shape index (κ3) is 5.26. The topological polar surface area (TPSA) is 95.3 Å². The molecule has 0 saturated heterocycles. The van der Waals surface area contributed by atoms with Crippen molar-refractivity contribution >= 4 is 40.0 Å². The van der Waals surface area contributed by atoms with E-state index in [-0.39, 0.29) is 18.3 Å². The number of esters is 1. The molecule has 2 aromatic heterocycles. The van der Waals surface area contributed by atoms with E-state index >= 15 is 0 Å². The van der Waals surface area contributed by atoms with E-state index in [9.17, 15) is 9.59 Å². The van der Waals surface area contributed by atoms with Crippen LogP contribution in [-0.4, -0.2) is 46.1 Å². The van der Waals surface area contributed by atoms with E-state index in [2.05, 4.69) is 15.5 Å². The zero-order chi connectivity index (χ0) is 22.4. The van der Waals surface area contributed by atoms with Gasteiger partial charge in [-0.1, -0.05) is 23.9 Å². The molecule has 0 aliphatic carbocycles. The SMILES string of the molecule is CCOC(=O)c1cc(C)sc1NC(=O)CSc1nnc(-c2ccccc2OC)n1CC. The van der Waals surface area contributed by atoms with Crippen molar-refractivity contribution in [2.45, 2.75) is 32.5 Å². The molecule has 0 saturated carbocycles. The van der Waals surface area contributed by atoms with Crippen molar-refractivity contribution in [3.05, 3.63) is 40.8 Å². The van der Waals surface area contributed by atoms with Crippen molar-refractivity contribution in [1.82, 2.24) is 14.8 Å². The molecule has 0 spiro atoms. The molecule has 0 fully saturated rings. The van der Waals surface area contributed by atoms with Gasteiger partial charge in [0.1, 0.15) is 10.8 Å². The lowest BCUT2D eigenvalue weighted by molar-refractivity contribution is -0.113. The first-order valence-corrected chi connectivity index (χ1v) is 11.5.